The van der Waals surface area contributed by atoms with Crippen LogP contribution in [-0.4, -0.2) is 21.5 Å². The number of carbonyl (C=O) groups excluding carboxylic acids is 1. The average molecular weight is 338 g/mol. The molecule has 4 nitrogen and oxygen atoms in total. The minimum Gasteiger partial charge on any atom is -0.301 e. The van der Waals surface area contributed by atoms with Gasteiger partial charge >= 0.3 is 0 Å². The second kappa shape index (κ2) is 7.01. The number of benzene rings is 2. The molecule has 122 valence electrons. The van der Waals surface area contributed by atoms with Crippen LogP contribution in [0.2, 0.25) is 0 Å². The molecule has 0 unspecified atom stereocenters. The number of Topliss-reactive ketones (excluding diaryl/α,β-unsaturated/α-hetero) is 1. The largest absolute Gasteiger partial charge is 0.301 e. The number of fused-ring (bicyclic) bond motifs is 1. The van der Waals surface area contributed by atoms with Crippen LogP contribution >= 0.6 is 11.8 Å². The third-order valence-electron chi connectivity index (χ3n) is 3.83. The maximum atomic E-state index is 12.3. The van der Waals surface area contributed by atoms with Crippen LogP contribution in [0.1, 0.15) is 35.7 Å². The number of H-pyrrole nitrogens is 1. The maximum absolute atomic E-state index is 12.3. The van der Waals surface area contributed by atoms with Gasteiger partial charge in [-0.05, 0) is 23.6 Å². The molecule has 1 heterocycles. The highest BCUT2D eigenvalue weighted by molar-refractivity contribution is 7.99. The Labute approximate surface area is 144 Å². The number of hydrogen-bond acceptors (Lipinski definition) is 4. The molecule has 1 N–H and O–H groups in total. The first-order chi connectivity index (χ1) is 11.5. The molecule has 3 aromatic rings. The Morgan fingerprint density at radius 1 is 1.12 bits per heavy atom. The van der Waals surface area contributed by atoms with Crippen molar-refractivity contribution < 1.29 is 4.79 Å². The predicted octanol–water partition coefficient (Wildman–Crippen LogP) is 4.02. The summed E-state index contributed by atoms with van der Waals surface area (Å²) in [7, 11) is 0. The van der Waals surface area contributed by atoms with Crippen molar-refractivity contribution in [2.45, 2.75) is 24.9 Å². The lowest BCUT2D eigenvalue weighted by molar-refractivity contribution is 0.102. The number of nitrogens with zero attached hydrogens (tertiary/aromatic N) is 1. The first-order valence-corrected chi connectivity index (χ1v) is 8.78. The number of rotatable bonds is 5. The van der Waals surface area contributed by atoms with E-state index in [2.05, 4.69) is 23.8 Å². The third-order valence-corrected chi connectivity index (χ3v) is 4.70. The molecule has 24 heavy (non-hydrogen) atoms. The summed E-state index contributed by atoms with van der Waals surface area (Å²) in [5.74, 6) is 0.698. The molecule has 0 aliphatic carbocycles. The number of nitrogens with one attached hydrogen (secondary N) is 1. The second-order valence-electron chi connectivity index (χ2n) is 5.88. The molecule has 0 atom stereocenters. The van der Waals surface area contributed by atoms with Crippen molar-refractivity contribution in [2.75, 3.05) is 5.75 Å². The van der Waals surface area contributed by atoms with Gasteiger partial charge in [0.15, 0.2) is 10.9 Å². The van der Waals surface area contributed by atoms with Gasteiger partial charge < -0.3 is 4.98 Å². The lowest BCUT2D eigenvalue weighted by Crippen LogP contribution is -2.10. The summed E-state index contributed by atoms with van der Waals surface area (Å²) in [4.78, 5) is 31.4. The molecule has 1 aromatic heterocycles. The summed E-state index contributed by atoms with van der Waals surface area (Å²) in [6.07, 6.45) is 0. The normalized spacial score (nSPS) is 11.1. The lowest BCUT2D eigenvalue weighted by Gasteiger charge is -2.06. The smallest absolute Gasteiger partial charge is 0.259 e. The Hall–Kier alpha value is -2.40. The monoisotopic (exact) mass is 338 g/mol. The minimum absolute atomic E-state index is 0.0195. The van der Waals surface area contributed by atoms with Crippen LogP contribution in [0.3, 0.4) is 0 Å². The summed E-state index contributed by atoms with van der Waals surface area (Å²) in [5.41, 5.74) is 2.34. The van der Waals surface area contributed by atoms with E-state index < -0.39 is 0 Å². The van der Waals surface area contributed by atoms with Gasteiger partial charge in [0, 0.05) is 5.56 Å². The highest BCUT2D eigenvalue weighted by Gasteiger charge is 2.10. The fourth-order valence-corrected chi connectivity index (χ4v) is 3.17. The standard InChI is InChI=1S/C19H18N2O2S/c1-12(2)13-7-9-14(10-8-13)17(22)11-24-19-20-16-6-4-3-5-15(16)18(23)21-19/h3-10,12H,11H2,1-2H3,(H,20,21,23). The summed E-state index contributed by atoms with van der Waals surface area (Å²) in [6, 6.07) is 14.8. The molecule has 0 saturated heterocycles. The van der Waals surface area contributed by atoms with Gasteiger partial charge in [-0.2, -0.15) is 0 Å². The van der Waals surface area contributed by atoms with Gasteiger partial charge in [0.1, 0.15) is 0 Å². The number of para-hydroxylation sites is 1. The number of thioether (sulfide) groups is 1. The number of ketones is 1. The highest BCUT2D eigenvalue weighted by Crippen LogP contribution is 2.18. The molecule has 0 amide bonds. The summed E-state index contributed by atoms with van der Waals surface area (Å²) in [5, 5.41) is 1.02. The Bertz CT molecular complexity index is 930. The lowest BCUT2D eigenvalue weighted by atomic mass is 10.0. The molecule has 2 aromatic carbocycles. The molecular formula is C19H18N2O2S. The molecule has 0 radical (unpaired) electrons. The highest BCUT2D eigenvalue weighted by atomic mass is 32.2. The van der Waals surface area contributed by atoms with Gasteiger partial charge in [-0.1, -0.05) is 62.0 Å². The van der Waals surface area contributed by atoms with Crippen molar-refractivity contribution in [3.63, 3.8) is 0 Å². The molecule has 0 saturated carbocycles. The average Bonchev–Trinajstić information content (AvgIpc) is 2.60. The zero-order valence-corrected chi connectivity index (χ0v) is 14.4. The topological polar surface area (TPSA) is 62.8 Å². The van der Waals surface area contributed by atoms with Crippen LogP contribution in [-0.2, 0) is 0 Å². The van der Waals surface area contributed by atoms with Gasteiger partial charge in [-0.25, -0.2) is 4.98 Å². The molecule has 0 bridgehead atoms. The Balaban J connectivity index is 1.73. The zero-order valence-electron chi connectivity index (χ0n) is 13.6. The maximum Gasteiger partial charge on any atom is 0.259 e. The van der Waals surface area contributed by atoms with Crippen molar-refractivity contribution in [3.8, 4) is 0 Å². The van der Waals surface area contributed by atoms with Crippen LogP contribution in [0, 0.1) is 0 Å². The van der Waals surface area contributed by atoms with Crippen molar-refractivity contribution >= 4 is 28.4 Å². The summed E-state index contributed by atoms with van der Waals surface area (Å²) < 4.78 is 0. The van der Waals surface area contributed by atoms with Crippen LogP contribution in [0.4, 0.5) is 0 Å². The molecule has 5 heteroatoms. The van der Waals surface area contributed by atoms with Crippen molar-refractivity contribution in [3.05, 3.63) is 70.0 Å². The molecule has 0 spiro atoms. The number of aromatic amines is 1. The fourth-order valence-electron chi connectivity index (χ4n) is 2.40. The Morgan fingerprint density at radius 3 is 2.54 bits per heavy atom. The van der Waals surface area contributed by atoms with E-state index in [9.17, 15) is 9.59 Å². The Morgan fingerprint density at radius 2 is 1.83 bits per heavy atom. The van der Waals surface area contributed by atoms with Crippen LogP contribution in [0.25, 0.3) is 10.9 Å². The van der Waals surface area contributed by atoms with E-state index >= 15 is 0 Å². The number of aromatic nitrogens is 2. The van der Waals surface area contributed by atoms with Crippen LogP contribution < -0.4 is 5.56 Å². The summed E-state index contributed by atoms with van der Waals surface area (Å²) in [6.45, 7) is 4.24. The van der Waals surface area contributed by atoms with Crippen molar-refractivity contribution in [1.82, 2.24) is 9.97 Å². The summed E-state index contributed by atoms with van der Waals surface area (Å²) >= 11 is 1.25. The molecule has 0 aliphatic heterocycles. The SMILES string of the molecule is CC(C)c1ccc(C(=O)CSc2nc3ccccc3c(=O)[nH]2)cc1. The van der Waals surface area contributed by atoms with Crippen molar-refractivity contribution in [2.24, 2.45) is 0 Å². The second-order valence-corrected chi connectivity index (χ2v) is 6.84. The number of carbonyl (C=O) groups is 1. The fraction of sp³-hybridized carbons (Fsp3) is 0.211. The van der Waals surface area contributed by atoms with E-state index in [-0.39, 0.29) is 17.1 Å². The van der Waals surface area contributed by atoms with E-state index in [0.29, 0.717) is 27.5 Å². The van der Waals surface area contributed by atoms with Crippen molar-refractivity contribution in [1.29, 1.82) is 0 Å². The Kier molecular flexibility index (Phi) is 4.81. The minimum atomic E-state index is -0.183. The van der Waals surface area contributed by atoms with Gasteiger partial charge in [0.2, 0.25) is 0 Å². The van der Waals surface area contributed by atoms with E-state index in [1.165, 1.54) is 17.3 Å². The van der Waals surface area contributed by atoms with E-state index in [1.807, 2.05) is 30.3 Å². The molecule has 3 rings (SSSR count). The molecular weight excluding hydrogens is 320 g/mol. The quantitative estimate of drug-likeness (QED) is 0.433. The predicted molar refractivity (Wildman–Crippen MR) is 97.9 cm³/mol. The van der Waals surface area contributed by atoms with Gasteiger partial charge in [0.25, 0.3) is 5.56 Å². The van der Waals surface area contributed by atoms with Gasteiger partial charge in [0.05, 0.1) is 16.7 Å². The van der Waals surface area contributed by atoms with Crippen LogP contribution in [0.5, 0.6) is 0 Å². The zero-order chi connectivity index (χ0) is 17.1. The number of hydrogen-bond donors (Lipinski definition) is 1. The van der Waals surface area contributed by atoms with E-state index in [4.69, 9.17) is 0 Å². The van der Waals surface area contributed by atoms with E-state index in [0.717, 1.165) is 0 Å². The van der Waals surface area contributed by atoms with Gasteiger partial charge in [-0.3, -0.25) is 9.59 Å². The molecule has 0 fully saturated rings. The molecule has 0 aliphatic rings. The van der Waals surface area contributed by atoms with E-state index in [1.54, 1.807) is 18.2 Å². The van der Waals surface area contributed by atoms with Gasteiger partial charge in [-0.15, -0.1) is 0 Å². The first kappa shape index (κ1) is 16.5. The van der Waals surface area contributed by atoms with Crippen LogP contribution in [0.15, 0.2) is 58.5 Å². The first-order valence-electron chi connectivity index (χ1n) is 7.79. The third kappa shape index (κ3) is 3.57.